The first kappa shape index (κ1) is 40.5. The van der Waals surface area contributed by atoms with Gasteiger partial charge in [0.2, 0.25) is 0 Å². The monoisotopic (exact) mass is 677 g/mol. The van der Waals surface area contributed by atoms with Crippen LogP contribution in [0.15, 0.2) is 0 Å². The maximum atomic E-state index is 10.2. The first-order chi connectivity index (χ1) is 21.4. The molecule has 0 unspecified atom stereocenters. The number of quaternary nitrogens is 2. The van der Waals surface area contributed by atoms with Gasteiger partial charge in [0.25, 0.3) is 0 Å². The van der Waals surface area contributed by atoms with E-state index < -0.39 is 28.6 Å². The zero-order valence-corrected chi connectivity index (χ0v) is 31.6. The van der Waals surface area contributed by atoms with Crippen molar-refractivity contribution in [3.63, 3.8) is 0 Å². The summed E-state index contributed by atoms with van der Waals surface area (Å²) in [6.45, 7) is 13.8. The average molecular weight is 678 g/mol. The van der Waals surface area contributed by atoms with Gasteiger partial charge in [0.1, 0.15) is 39.3 Å². The van der Waals surface area contributed by atoms with E-state index in [1.54, 1.807) is 0 Å². The Hall–Kier alpha value is 0.291. The first-order valence-electron chi connectivity index (χ1n) is 18.4. The summed E-state index contributed by atoms with van der Waals surface area (Å²) in [5.41, 5.74) is 0. The predicted molar refractivity (Wildman–Crippen MR) is 181 cm³/mol. The molecule has 3 heterocycles. The summed E-state index contributed by atoms with van der Waals surface area (Å²) in [4.78, 5) is 30.5. The molecule has 0 aromatic carbocycles. The van der Waals surface area contributed by atoms with Gasteiger partial charge in [0, 0.05) is 0 Å². The van der Waals surface area contributed by atoms with Crippen LogP contribution in [0.2, 0.25) is 0 Å². The van der Waals surface area contributed by atoms with Crippen LogP contribution in [0.4, 0.5) is 0 Å². The van der Waals surface area contributed by atoms with E-state index in [2.05, 4.69) is 13.8 Å². The number of hydrogen-bond acceptors (Lipinski definition) is 7. The third kappa shape index (κ3) is 18.6. The van der Waals surface area contributed by atoms with Crippen LogP contribution in [-0.2, 0) is 17.1 Å². The molecule has 3 aliphatic heterocycles. The van der Waals surface area contributed by atoms with Crippen molar-refractivity contribution in [3.05, 3.63) is 0 Å². The van der Waals surface area contributed by atoms with Gasteiger partial charge in [-0.1, -0.05) is 117 Å². The summed E-state index contributed by atoms with van der Waals surface area (Å²) in [5, 5.41) is 0. The molecule has 0 atom stereocenters. The summed E-state index contributed by atoms with van der Waals surface area (Å²) < 4.78 is 23.7. The van der Waals surface area contributed by atoms with Crippen molar-refractivity contribution < 1.29 is 40.4 Å². The molecule has 3 fully saturated rings. The molecular formula is C32H69N2O7Si3+2. The Morgan fingerprint density at radius 3 is 1.02 bits per heavy atom. The third-order valence-corrected chi connectivity index (χ3v) is 13.7. The molecule has 0 spiro atoms. The van der Waals surface area contributed by atoms with E-state index >= 15 is 0 Å². The van der Waals surface area contributed by atoms with Crippen molar-refractivity contribution in [3.8, 4) is 0 Å². The van der Waals surface area contributed by atoms with Gasteiger partial charge in [-0.2, -0.15) is 0 Å². The van der Waals surface area contributed by atoms with Crippen molar-refractivity contribution in [2.45, 2.75) is 142 Å². The van der Waals surface area contributed by atoms with E-state index in [0.717, 1.165) is 61.3 Å². The second-order valence-electron chi connectivity index (χ2n) is 13.5. The molecule has 0 aromatic rings. The number of hydrogen-bond donors (Lipinski definition) is 3. The molecule has 3 N–H and O–H groups in total. The summed E-state index contributed by atoms with van der Waals surface area (Å²) in [6.07, 6.45) is 26.8. The number of rotatable bonds is 22. The minimum absolute atomic E-state index is 0.406. The van der Waals surface area contributed by atoms with Gasteiger partial charge in [0.15, 0.2) is 0 Å². The van der Waals surface area contributed by atoms with Gasteiger partial charge < -0.3 is 40.4 Å². The van der Waals surface area contributed by atoms with Crippen molar-refractivity contribution in [2.24, 2.45) is 0 Å². The number of unbranched alkanes of at least 4 members (excludes halogenated alkanes) is 18. The van der Waals surface area contributed by atoms with Crippen LogP contribution in [0.3, 0.4) is 0 Å². The molecule has 0 amide bonds. The molecule has 3 rings (SSSR count). The van der Waals surface area contributed by atoms with Crippen molar-refractivity contribution in [1.82, 2.24) is 0 Å². The highest BCUT2D eigenvalue weighted by atomic mass is 28.4. The second kappa shape index (κ2) is 25.3. The largest absolute Gasteiger partial charge is 0.567 e. The number of fused-ring (bicyclic) bond motifs is 12. The Kier molecular flexibility index (Phi) is 23.3. The molecule has 12 heteroatoms. The molecule has 0 saturated carbocycles. The van der Waals surface area contributed by atoms with Gasteiger partial charge in [0.05, 0.1) is 26.3 Å². The standard InChI is InChI=1S/C32H69N2O7Si3/c1-3-5-7-9-11-13-15-17-19-21-23-33-25-27-34(28-26-33,24-22-20-18-16-14-12-10-8-6-4-2)30-32-39-43(36)41-44(37)40-42(35)38-31-29-33/h35-37H,3-32H2,1-2H3/q+2. The smallest absolute Gasteiger partial charge is 0.388 e. The molecule has 0 aromatic heterocycles. The zero-order chi connectivity index (χ0) is 31.8. The number of nitrogens with zero attached hydrogens (tertiary/aromatic N) is 2. The van der Waals surface area contributed by atoms with Crippen molar-refractivity contribution in [1.29, 1.82) is 0 Å². The summed E-state index contributed by atoms with van der Waals surface area (Å²) >= 11 is 0. The minimum atomic E-state index is -2.82. The Morgan fingerprint density at radius 2 is 0.705 bits per heavy atom. The highest BCUT2D eigenvalue weighted by Crippen LogP contribution is 2.24. The van der Waals surface area contributed by atoms with Gasteiger partial charge in [-0.15, -0.1) is 0 Å². The van der Waals surface area contributed by atoms with Gasteiger partial charge in [-0.05, 0) is 25.7 Å². The summed E-state index contributed by atoms with van der Waals surface area (Å²) in [7, 11) is -8.10. The fourth-order valence-electron chi connectivity index (χ4n) is 6.94. The van der Waals surface area contributed by atoms with Gasteiger partial charge >= 0.3 is 28.6 Å². The summed E-state index contributed by atoms with van der Waals surface area (Å²) in [5.74, 6) is 0. The highest BCUT2D eigenvalue weighted by molar-refractivity contribution is 6.56. The average Bonchev–Trinajstić information content (AvgIpc) is 3.00. The molecule has 44 heavy (non-hydrogen) atoms. The van der Waals surface area contributed by atoms with E-state index in [-0.39, 0.29) is 0 Å². The Labute approximate surface area is 276 Å². The SMILES string of the molecule is CCCCCCCCCCCC[N+]12CCO[Si](O)O[Si](O)O[Si](O)OCC[N+](CCCCCCCCCCCC)(CC1)CC2. The van der Waals surface area contributed by atoms with E-state index in [0.29, 0.717) is 13.2 Å². The molecule has 0 aliphatic carbocycles. The Balaban J connectivity index is 1.87. The van der Waals surface area contributed by atoms with E-state index in [9.17, 15) is 14.4 Å². The lowest BCUT2D eigenvalue weighted by Crippen LogP contribution is -2.68. The summed E-state index contributed by atoms with van der Waals surface area (Å²) in [6, 6.07) is 0. The molecule has 3 saturated heterocycles. The van der Waals surface area contributed by atoms with Crippen LogP contribution in [-0.4, -0.2) is 118 Å². The zero-order valence-electron chi connectivity index (χ0n) is 28.6. The molecule has 259 valence electrons. The van der Waals surface area contributed by atoms with Crippen molar-refractivity contribution in [2.75, 3.05) is 65.6 Å². The third-order valence-electron chi connectivity index (χ3n) is 10.0. The topological polar surface area (TPSA) is 97.6 Å². The van der Waals surface area contributed by atoms with E-state index in [1.807, 2.05) is 0 Å². The lowest BCUT2D eigenvalue weighted by atomic mass is 10.0. The lowest BCUT2D eigenvalue weighted by Gasteiger charge is -2.50. The van der Waals surface area contributed by atoms with Gasteiger partial charge in [-0.25, -0.2) is 0 Å². The first-order valence-corrected chi connectivity index (χ1v) is 22.2. The molecule has 3 radical (unpaired) electrons. The number of piperazine rings is 1. The van der Waals surface area contributed by atoms with Crippen molar-refractivity contribution >= 4 is 28.6 Å². The highest BCUT2D eigenvalue weighted by Gasteiger charge is 2.42. The van der Waals surface area contributed by atoms with Crippen LogP contribution in [0, 0.1) is 0 Å². The minimum Gasteiger partial charge on any atom is -0.388 e. The van der Waals surface area contributed by atoms with Crippen LogP contribution in [0.1, 0.15) is 142 Å². The quantitative estimate of drug-likeness (QED) is 0.0793. The molecule has 3 aliphatic rings. The maximum Gasteiger partial charge on any atom is 0.567 e. The maximum absolute atomic E-state index is 10.2. The Morgan fingerprint density at radius 1 is 0.409 bits per heavy atom. The second-order valence-corrected chi connectivity index (χ2v) is 17.3. The van der Waals surface area contributed by atoms with Crippen LogP contribution < -0.4 is 0 Å². The van der Waals surface area contributed by atoms with E-state index in [4.69, 9.17) is 17.1 Å². The fraction of sp³-hybridized carbons (Fsp3) is 1.00. The predicted octanol–water partition coefficient (Wildman–Crippen LogP) is 5.49. The van der Waals surface area contributed by atoms with Gasteiger partial charge in [-0.3, -0.25) is 0 Å². The molecular weight excluding hydrogens is 609 g/mol. The lowest BCUT2D eigenvalue weighted by molar-refractivity contribution is -1.03. The fourth-order valence-corrected chi connectivity index (χ4v) is 9.68. The molecule has 2 bridgehead atoms. The Bertz CT molecular complexity index is 624. The molecule has 9 nitrogen and oxygen atoms in total. The van der Waals surface area contributed by atoms with E-state index in [1.165, 1.54) is 128 Å². The normalized spacial score (nSPS) is 25.3. The van der Waals surface area contributed by atoms with Crippen LogP contribution in [0.25, 0.3) is 0 Å². The van der Waals surface area contributed by atoms with Crippen LogP contribution >= 0.6 is 0 Å². The van der Waals surface area contributed by atoms with Crippen LogP contribution in [0.5, 0.6) is 0 Å².